The fraction of sp³-hybridized carbons (Fsp3) is 0.500. The fourth-order valence-corrected chi connectivity index (χ4v) is 8.69. The molecule has 1 aliphatic rings. The van der Waals surface area contributed by atoms with Crippen LogP contribution in [0.25, 0.3) is 20.7 Å². The summed E-state index contributed by atoms with van der Waals surface area (Å²) in [7, 11) is 3.67. The fourth-order valence-electron chi connectivity index (χ4n) is 6.74. The second-order valence-corrected chi connectivity index (χ2v) is 15.0. The summed E-state index contributed by atoms with van der Waals surface area (Å²) >= 11 is 3.00. The number of nitrogens with zero attached hydrogens (tertiary/aromatic N) is 7. The Hall–Kier alpha value is -3.94. The van der Waals surface area contributed by atoms with E-state index in [1.54, 1.807) is 25.4 Å². The van der Waals surface area contributed by atoms with Crippen LogP contribution in [-0.4, -0.2) is 63.3 Å². The van der Waals surface area contributed by atoms with Gasteiger partial charge in [0.05, 0.1) is 27.9 Å². The van der Waals surface area contributed by atoms with Crippen molar-refractivity contribution in [3.8, 4) is 10.4 Å². The number of para-hydroxylation sites is 1. The number of aryl methyl sites for hydroxylation is 1. The summed E-state index contributed by atoms with van der Waals surface area (Å²) in [5.41, 5.74) is 4.24. The molecule has 0 aliphatic heterocycles. The topological polar surface area (TPSA) is 120 Å². The smallest absolute Gasteiger partial charge is 0.358 e. The highest BCUT2D eigenvalue weighted by atomic mass is 32.1. The zero-order chi connectivity index (χ0) is 34.4. The lowest BCUT2D eigenvalue weighted by molar-refractivity contribution is 0.0521. The molecule has 1 fully saturated rings. The van der Waals surface area contributed by atoms with E-state index in [0.717, 1.165) is 63.0 Å². The first kappa shape index (κ1) is 34.9. The summed E-state index contributed by atoms with van der Waals surface area (Å²) in [6, 6.07) is 9.98. The van der Waals surface area contributed by atoms with E-state index in [-0.39, 0.29) is 17.7 Å². The van der Waals surface area contributed by atoms with Crippen LogP contribution in [0.5, 0.6) is 0 Å². The van der Waals surface area contributed by atoms with Crippen LogP contribution in [0.4, 0.5) is 21.9 Å². The summed E-state index contributed by atoms with van der Waals surface area (Å²) in [4.78, 5) is 25.3. The lowest BCUT2D eigenvalue weighted by Gasteiger charge is -2.36. The Morgan fingerprint density at radius 3 is 2.57 bits per heavy atom. The number of rotatable bonds is 13. The van der Waals surface area contributed by atoms with Crippen molar-refractivity contribution in [2.75, 3.05) is 37.6 Å². The first-order chi connectivity index (χ1) is 23.8. The van der Waals surface area contributed by atoms with Gasteiger partial charge in [-0.3, -0.25) is 4.68 Å². The minimum Gasteiger partial charge on any atom is -0.461 e. The molecule has 4 heterocycles. The van der Waals surface area contributed by atoms with Crippen molar-refractivity contribution in [2.24, 2.45) is 5.41 Å². The first-order valence-corrected chi connectivity index (χ1v) is 18.8. The van der Waals surface area contributed by atoms with Gasteiger partial charge in [0, 0.05) is 38.6 Å². The SMILES string of the molecule is CCOC(=O)c1nc(N(C)c2cc(C)c(Nc3nc4ccccc4s3)nn2)sc1-c1cnn(CC2(CCCOC)CCCCCCC2)c1C. The van der Waals surface area contributed by atoms with Gasteiger partial charge in [-0.2, -0.15) is 5.10 Å². The Balaban J connectivity index is 1.27. The molecule has 5 aromatic rings. The zero-order valence-corrected chi connectivity index (χ0v) is 30.8. The number of anilines is 4. The maximum Gasteiger partial charge on any atom is 0.358 e. The van der Waals surface area contributed by atoms with Crippen LogP contribution in [0.3, 0.4) is 0 Å². The van der Waals surface area contributed by atoms with Gasteiger partial charge in [-0.15, -0.1) is 10.2 Å². The van der Waals surface area contributed by atoms with E-state index < -0.39 is 5.97 Å². The van der Waals surface area contributed by atoms with Crippen molar-refractivity contribution in [1.29, 1.82) is 0 Å². The molecule has 11 nitrogen and oxygen atoms in total. The molecule has 0 spiro atoms. The van der Waals surface area contributed by atoms with Crippen molar-refractivity contribution in [2.45, 2.75) is 85.1 Å². The third kappa shape index (κ3) is 7.94. The average molecular weight is 703 g/mol. The molecule has 1 aromatic carbocycles. The average Bonchev–Trinajstić information content (AvgIpc) is 3.80. The molecule has 1 N–H and O–H groups in total. The van der Waals surface area contributed by atoms with Crippen molar-refractivity contribution >= 4 is 60.8 Å². The molecule has 1 aliphatic carbocycles. The Morgan fingerprint density at radius 2 is 1.84 bits per heavy atom. The Kier molecular flexibility index (Phi) is 11.2. The molecule has 4 aromatic heterocycles. The monoisotopic (exact) mass is 702 g/mol. The summed E-state index contributed by atoms with van der Waals surface area (Å²) < 4.78 is 14.2. The molecule has 6 rings (SSSR count). The lowest BCUT2D eigenvalue weighted by atomic mass is 9.73. The molecule has 0 radical (unpaired) electrons. The molecule has 49 heavy (non-hydrogen) atoms. The van der Waals surface area contributed by atoms with Crippen LogP contribution in [0.2, 0.25) is 0 Å². The van der Waals surface area contributed by atoms with Crippen LogP contribution in [0.1, 0.15) is 86.5 Å². The van der Waals surface area contributed by atoms with E-state index in [1.807, 2.05) is 55.4 Å². The molecule has 0 atom stereocenters. The molecule has 13 heteroatoms. The highest BCUT2D eigenvalue weighted by Gasteiger charge is 2.32. The number of ether oxygens (including phenoxy) is 2. The second kappa shape index (κ2) is 15.7. The Bertz CT molecular complexity index is 1840. The minimum atomic E-state index is -0.450. The quantitative estimate of drug-likeness (QED) is 0.0941. The standard InChI is InChI=1S/C36H46N8O3S2/c1-6-47-33(45)30-31(26-22-37-44(25(26)3)23-36(19-14-20-46-5)17-12-8-7-9-13-18-36)49-35(39-30)43(4)29-21-24(2)32(42-41-29)40-34-38-27-15-10-11-16-28(27)48-34/h10-11,15-16,21-22H,6-9,12-14,17-20,23H2,1-5H3,(H,38,40,42). The lowest BCUT2D eigenvalue weighted by Crippen LogP contribution is -2.29. The zero-order valence-electron chi connectivity index (χ0n) is 29.1. The van der Waals surface area contributed by atoms with Gasteiger partial charge < -0.3 is 19.7 Å². The maximum absolute atomic E-state index is 13.3. The van der Waals surface area contributed by atoms with Crippen molar-refractivity contribution in [3.63, 3.8) is 0 Å². The number of methoxy groups -OCH3 is 1. The number of thiazole rings is 2. The number of carbonyl (C=O) groups excluding carboxylic acids is 1. The molecule has 0 saturated heterocycles. The number of hydrogen-bond acceptors (Lipinski definition) is 12. The number of esters is 1. The van der Waals surface area contributed by atoms with Gasteiger partial charge in [0.2, 0.25) is 0 Å². The number of carbonyl (C=O) groups is 1. The highest BCUT2D eigenvalue weighted by molar-refractivity contribution is 7.22. The van der Waals surface area contributed by atoms with Crippen LogP contribution in [0.15, 0.2) is 36.5 Å². The number of fused-ring (bicyclic) bond motifs is 1. The number of aromatic nitrogens is 6. The third-order valence-corrected chi connectivity index (χ3v) is 11.6. The number of nitrogens with one attached hydrogen (secondary N) is 1. The van der Waals surface area contributed by atoms with E-state index >= 15 is 0 Å². The maximum atomic E-state index is 13.3. The second-order valence-electron chi connectivity index (χ2n) is 13.0. The third-order valence-electron chi connectivity index (χ3n) is 9.51. The largest absolute Gasteiger partial charge is 0.461 e. The Labute approximate surface area is 296 Å². The highest BCUT2D eigenvalue weighted by Crippen LogP contribution is 2.43. The predicted octanol–water partition coefficient (Wildman–Crippen LogP) is 8.87. The molecular weight excluding hydrogens is 657 g/mol. The minimum absolute atomic E-state index is 0.181. The van der Waals surface area contributed by atoms with E-state index in [9.17, 15) is 4.79 Å². The molecule has 0 bridgehead atoms. The molecule has 0 amide bonds. The van der Waals surface area contributed by atoms with Gasteiger partial charge >= 0.3 is 5.97 Å². The van der Waals surface area contributed by atoms with Gasteiger partial charge in [0.15, 0.2) is 27.6 Å². The predicted molar refractivity (Wildman–Crippen MR) is 198 cm³/mol. The summed E-state index contributed by atoms with van der Waals surface area (Å²) in [6.07, 6.45) is 12.9. The molecule has 260 valence electrons. The van der Waals surface area contributed by atoms with E-state index in [0.29, 0.717) is 16.8 Å². The van der Waals surface area contributed by atoms with E-state index in [4.69, 9.17) is 19.6 Å². The van der Waals surface area contributed by atoms with Crippen LogP contribution in [0, 0.1) is 19.3 Å². The number of benzene rings is 1. The van der Waals surface area contributed by atoms with Gasteiger partial charge in [0.1, 0.15) is 0 Å². The van der Waals surface area contributed by atoms with E-state index in [2.05, 4.69) is 32.1 Å². The van der Waals surface area contributed by atoms with Gasteiger partial charge in [-0.1, -0.05) is 66.9 Å². The first-order valence-electron chi connectivity index (χ1n) is 17.2. The van der Waals surface area contributed by atoms with Crippen molar-refractivity contribution in [3.05, 3.63) is 53.5 Å². The van der Waals surface area contributed by atoms with Crippen LogP contribution >= 0.6 is 22.7 Å². The van der Waals surface area contributed by atoms with Gasteiger partial charge in [0.25, 0.3) is 0 Å². The van der Waals surface area contributed by atoms with Gasteiger partial charge in [-0.25, -0.2) is 14.8 Å². The normalized spacial score (nSPS) is 14.8. The summed E-state index contributed by atoms with van der Waals surface area (Å²) in [5, 5.41) is 18.6. The van der Waals surface area contributed by atoms with Gasteiger partial charge in [-0.05, 0) is 75.6 Å². The summed E-state index contributed by atoms with van der Waals surface area (Å²) in [6.45, 7) is 7.77. The van der Waals surface area contributed by atoms with E-state index in [1.165, 1.54) is 56.3 Å². The molecule has 1 saturated carbocycles. The van der Waals surface area contributed by atoms with Crippen molar-refractivity contribution < 1.29 is 14.3 Å². The Morgan fingerprint density at radius 1 is 1.06 bits per heavy atom. The summed E-state index contributed by atoms with van der Waals surface area (Å²) in [5.74, 6) is 0.794. The molecular formula is C36H46N8O3S2. The molecule has 0 unspecified atom stereocenters. The van der Waals surface area contributed by atoms with Crippen LogP contribution < -0.4 is 10.2 Å². The van der Waals surface area contributed by atoms with Crippen molar-refractivity contribution in [1.82, 2.24) is 29.9 Å². The number of hydrogen-bond donors (Lipinski definition) is 1. The van der Waals surface area contributed by atoms with Crippen LogP contribution in [-0.2, 0) is 16.0 Å².